The number of amides is 2. The van der Waals surface area contributed by atoms with Gasteiger partial charge in [-0.15, -0.1) is 0 Å². The topological polar surface area (TPSA) is 119 Å². The number of carbonyl (C=O) groups excluding carboxylic acids is 2. The van der Waals surface area contributed by atoms with Gasteiger partial charge in [-0.05, 0) is 24.6 Å². The van der Waals surface area contributed by atoms with Gasteiger partial charge in [0.15, 0.2) is 6.61 Å². The molecule has 7 nitrogen and oxygen atoms in total. The van der Waals surface area contributed by atoms with Crippen LogP contribution in [0.25, 0.3) is 0 Å². The summed E-state index contributed by atoms with van der Waals surface area (Å²) in [6.07, 6.45) is -0.467. The highest BCUT2D eigenvalue weighted by atomic mass is 16.5. The maximum Gasteiger partial charge on any atom is 0.326 e. The molecule has 0 saturated heterocycles. The normalized spacial score (nSPS) is 11.4. The van der Waals surface area contributed by atoms with Gasteiger partial charge in [0.05, 0.1) is 6.42 Å². The number of nitrogens with one attached hydrogen (secondary N) is 1. The Morgan fingerprint density at radius 2 is 2.10 bits per heavy atom. The van der Waals surface area contributed by atoms with E-state index < -0.39 is 30.2 Å². The fourth-order valence-electron chi connectivity index (χ4n) is 1.49. The maximum absolute atomic E-state index is 11.5. The van der Waals surface area contributed by atoms with Gasteiger partial charge in [0.1, 0.15) is 11.8 Å². The highest BCUT2D eigenvalue weighted by Gasteiger charge is 2.22. The van der Waals surface area contributed by atoms with Gasteiger partial charge in [-0.3, -0.25) is 9.59 Å². The van der Waals surface area contributed by atoms with E-state index in [1.807, 2.05) is 13.0 Å². The highest BCUT2D eigenvalue weighted by molar-refractivity contribution is 5.88. The number of hydrogen-bond donors (Lipinski definition) is 3. The number of carbonyl (C=O) groups is 3. The molecular weight excluding hydrogens is 264 g/mol. The van der Waals surface area contributed by atoms with Crippen LogP contribution in [0.15, 0.2) is 24.3 Å². The van der Waals surface area contributed by atoms with Crippen molar-refractivity contribution in [2.45, 2.75) is 19.4 Å². The van der Waals surface area contributed by atoms with Gasteiger partial charge in [0.25, 0.3) is 5.91 Å². The number of rotatable bonds is 7. The van der Waals surface area contributed by atoms with Gasteiger partial charge in [-0.25, -0.2) is 4.79 Å². The zero-order valence-electron chi connectivity index (χ0n) is 11.0. The Morgan fingerprint density at radius 1 is 1.40 bits per heavy atom. The largest absolute Gasteiger partial charge is 0.484 e. The van der Waals surface area contributed by atoms with Gasteiger partial charge in [-0.2, -0.15) is 0 Å². The fraction of sp³-hybridized carbons (Fsp3) is 0.308. The number of carboxylic acids is 1. The molecule has 0 unspecified atom stereocenters. The first-order valence-corrected chi connectivity index (χ1v) is 5.88. The van der Waals surface area contributed by atoms with E-state index >= 15 is 0 Å². The summed E-state index contributed by atoms with van der Waals surface area (Å²) < 4.78 is 5.21. The first-order chi connectivity index (χ1) is 9.38. The molecule has 0 aliphatic carbocycles. The Balaban J connectivity index is 2.49. The highest BCUT2D eigenvalue weighted by Crippen LogP contribution is 2.11. The third kappa shape index (κ3) is 5.38. The lowest BCUT2D eigenvalue weighted by atomic mass is 10.2. The lowest BCUT2D eigenvalue weighted by Gasteiger charge is -2.13. The van der Waals surface area contributed by atoms with Crippen LogP contribution in [0.1, 0.15) is 12.0 Å². The van der Waals surface area contributed by atoms with Gasteiger partial charge >= 0.3 is 5.97 Å². The molecule has 2 amide bonds. The first-order valence-electron chi connectivity index (χ1n) is 5.88. The number of aryl methyl sites for hydroxylation is 1. The Labute approximate surface area is 115 Å². The van der Waals surface area contributed by atoms with Crippen molar-refractivity contribution < 1.29 is 24.2 Å². The van der Waals surface area contributed by atoms with E-state index in [4.69, 9.17) is 15.6 Å². The average Bonchev–Trinajstić information content (AvgIpc) is 2.35. The van der Waals surface area contributed by atoms with Crippen LogP contribution < -0.4 is 15.8 Å². The van der Waals surface area contributed by atoms with Gasteiger partial charge in [0, 0.05) is 0 Å². The average molecular weight is 280 g/mol. The zero-order valence-corrected chi connectivity index (χ0v) is 11.0. The SMILES string of the molecule is Cc1cccc(OCC(=O)N[C@@H](CC(N)=O)C(=O)O)c1. The van der Waals surface area contributed by atoms with E-state index in [-0.39, 0.29) is 6.61 Å². The number of aliphatic carboxylic acids is 1. The molecule has 1 atom stereocenters. The molecule has 0 aliphatic rings. The van der Waals surface area contributed by atoms with Crippen molar-refractivity contribution in [2.24, 2.45) is 5.73 Å². The van der Waals surface area contributed by atoms with E-state index in [1.54, 1.807) is 18.2 Å². The van der Waals surface area contributed by atoms with Crippen LogP contribution in [0.4, 0.5) is 0 Å². The second-order valence-electron chi connectivity index (χ2n) is 4.23. The minimum absolute atomic E-state index is 0.341. The Kier molecular flexibility index (Phi) is 5.52. The molecule has 1 rings (SSSR count). The van der Waals surface area contributed by atoms with Crippen molar-refractivity contribution in [3.8, 4) is 5.75 Å². The molecule has 0 bridgehead atoms. The van der Waals surface area contributed by atoms with Crippen LogP contribution in [-0.2, 0) is 14.4 Å². The third-order valence-electron chi connectivity index (χ3n) is 2.40. The Bertz CT molecular complexity index is 515. The Morgan fingerprint density at radius 3 is 2.65 bits per heavy atom. The van der Waals surface area contributed by atoms with Crippen molar-refractivity contribution in [1.82, 2.24) is 5.32 Å². The number of ether oxygens (including phenoxy) is 1. The summed E-state index contributed by atoms with van der Waals surface area (Å²) in [4.78, 5) is 33.1. The van der Waals surface area contributed by atoms with Gasteiger partial charge in [0.2, 0.25) is 5.91 Å². The van der Waals surface area contributed by atoms with Crippen LogP contribution in [0.2, 0.25) is 0 Å². The van der Waals surface area contributed by atoms with E-state index in [1.165, 1.54) is 0 Å². The van der Waals surface area contributed by atoms with E-state index in [0.29, 0.717) is 5.75 Å². The standard InChI is InChI=1S/C13H16N2O5/c1-8-3-2-4-9(5-8)20-7-12(17)15-10(13(18)19)6-11(14)16/h2-5,10H,6-7H2,1H3,(H2,14,16)(H,15,17)(H,18,19)/t10-/m0/s1. The molecule has 0 saturated carbocycles. The molecule has 1 aromatic carbocycles. The van der Waals surface area contributed by atoms with E-state index in [9.17, 15) is 14.4 Å². The molecule has 20 heavy (non-hydrogen) atoms. The number of benzene rings is 1. The second kappa shape index (κ2) is 7.13. The molecule has 0 radical (unpaired) electrons. The lowest BCUT2D eigenvalue weighted by molar-refractivity contribution is -0.143. The summed E-state index contributed by atoms with van der Waals surface area (Å²) in [6.45, 7) is 1.53. The maximum atomic E-state index is 11.5. The van der Waals surface area contributed by atoms with E-state index in [0.717, 1.165) is 5.56 Å². The quantitative estimate of drug-likeness (QED) is 0.640. The van der Waals surface area contributed by atoms with Crippen LogP contribution in [-0.4, -0.2) is 35.5 Å². The molecular formula is C13H16N2O5. The third-order valence-corrected chi connectivity index (χ3v) is 2.40. The monoisotopic (exact) mass is 280 g/mol. The van der Waals surface area contributed by atoms with Crippen LogP contribution >= 0.6 is 0 Å². The van der Waals surface area contributed by atoms with Crippen molar-refractivity contribution in [3.05, 3.63) is 29.8 Å². The van der Waals surface area contributed by atoms with Crippen molar-refractivity contribution >= 4 is 17.8 Å². The van der Waals surface area contributed by atoms with Crippen LogP contribution in [0.5, 0.6) is 5.75 Å². The summed E-state index contributed by atoms with van der Waals surface area (Å²) in [5, 5.41) is 11.0. The van der Waals surface area contributed by atoms with Gasteiger partial charge in [-0.1, -0.05) is 12.1 Å². The predicted octanol–water partition coefficient (Wildman–Crippen LogP) is -0.181. The number of nitrogens with two attached hydrogens (primary N) is 1. The number of carboxylic acid groups (broad SMARTS) is 1. The smallest absolute Gasteiger partial charge is 0.326 e. The van der Waals surface area contributed by atoms with Crippen molar-refractivity contribution in [2.75, 3.05) is 6.61 Å². The number of primary amides is 1. The molecule has 1 aromatic rings. The van der Waals surface area contributed by atoms with E-state index in [2.05, 4.69) is 5.32 Å². The summed E-state index contributed by atoms with van der Waals surface area (Å²) in [6, 6.07) is 5.72. The summed E-state index contributed by atoms with van der Waals surface area (Å²) in [5.74, 6) is -2.27. The molecule has 0 aliphatic heterocycles. The summed E-state index contributed by atoms with van der Waals surface area (Å²) in [7, 11) is 0. The lowest BCUT2D eigenvalue weighted by Crippen LogP contribution is -2.45. The van der Waals surface area contributed by atoms with Crippen molar-refractivity contribution in [1.29, 1.82) is 0 Å². The molecule has 0 spiro atoms. The van der Waals surface area contributed by atoms with Gasteiger partial charge < -0.3 is 20.9 Å². The van der Waals surface area contributed by atoms with Crippen LogP contribution in [0.3, 0.4) is 0 Å². The second-order valence-corrected chi connectivity index (χ2v) is 4.23. The minimum Gasteiger partial charge on any atom is -0.484 e. The molecule has 4 N–H and O–H groups in total. The van der Waals surface area contributed by atoms with Crippen LogP contribution in [0, 0.1) is 6.92 Å². The van der Waals surface area contributed by atoms with Crippen molar-refractivity contribution in [3.63, 3.8) is 0 Å². The summed E-state index contributed by atoms with van der Waals surface area (Å²) in [5.41, 5.74) is 5.88. The molecule has 0 fully saturated rings. The molecule has 0 aromatic heterocycles. The summed E-state index contributed by atoms with van der Waals surface area (Å²) >= 11 is 0. The zero-order chi connectivity index (χ0) is 15.1. The fourth-order valence-corrected chi connectivity index (χ4v) is 1.49. The minimum atomic E-state index is -1.35. The molecule has 7 heteroatoms. The predicted molar refractivity (Wildman–Crippen MR) is 70.1 cm³/mol. The Hall–Kier alpha value is -2.57. The first kappa shape index (κ1) is 15.5. The molecule has 108 valence electrons. The molecule has 0 heterocycles. The number of hydrogen-bond acceptors (Lipinski definition) is 4.